The number of rotatable bonds is 6. The van der Waals surface area contributed by atoms with Gasteiger partial charge in [0.25, 0.3) is 5.56 Å². The van der Waals surface area contributed by atoms with Crippen molar-refractivity contribution < 1.29 is 4.74 Å². The highest BCUT2D eigenvalue weighted by molar-refractivity contribution is 9.10. The Kier molecular flexibility index (Phi) is 7.56. The average Bonchev–Trinajstić information content (AvgIpc) is 2.83. The zero-order chi connectivity index (χ0) is 25.1. The maximum absolute atomic E-state index is 13.2. The Labute approximate surface area is 220 Å². The molecule has 0 saturated carbocycles. The van der Waals surface area contributed by atoms with E-state index < -0.39 is 0 Å². The molecule has 0 saturated heterocycles. The summed E-state index contributed by atoms with van der Waals surface area (Å²) in [5.74, 6) is 0.803. The van der Waals surface area contributed by atoms with Crippen molar-refractivity contribution in [1.29, 1.82) is 5.26 Å². The number of fused-ring (bicyclic) bond motifs is 1. The molecular formula is C26H19BrCl2N4O2. The lowest BCUT2D eigenvalue weighted by molar-refractivity contribution is 0.306. The van der Waals surface area contributed by atoms with E-state index in [9.17, 15) is 10.1 Å². The van der Waals surface area contributed by atoms with Crippen LogP contribution in [0.15, 0.2) is 69.0 Å². The SMILES string of the molecule is CC(C)c1nc2ccc(Br)cc2c(=O)n1N=Cc1cc(Cl)c(OCc2ccccc2C#N)c(Cl)c1. The standard InChI is InChI=1S/C26H19BrCl2N4O2/c1-15(2)25-32-23-8-7-19(27)11-20(23)26(34)33(25)31-13-16-9-21(28)24(22(29)10-16)35-14-18-6-4-3-5-17(18)12-30/h3-11,13,15H,14H2,1-2H3. The number of nitrogens with zero attached hydrogens (tertiary/aromatic N) is 4. The first-order valence-corrected chi connectivity index (χ1v) is 12.2. The molecule has 0 aliphatic heterocycles. The van der Waals surface area contributed by atoms with E-state index in [4.69, 9.17) is 27.9 Å². The van der Waals surface area contributed by atoms with Gasteiger partial charge in [-0.1, -0.05) is 71.2 Å². The topological polar surface area (TPSA) is 80.3 Å². The zero-order valence-corrected chi connectivity index (χ0v) is 21.9. The summed E-state index contributed by atoms with van der Waals surface area (Å²) in [6, 6.07) is 17.9. The van der Waals surface area contributed by atoms with Crippen LogP contribution >= 0.6 is 39.1 Å². The zero-order valence-electron chi connectivity index (χ0n) is 18.8. The molecular weight excluding hydrogens is 551 g/mol. The Hall–Kier alpha value is -3.18. The lowest BCUT2D eigenvalue weighted by Crippen LogP contribution is -2.23. The Morgan fingerprint density at radius 1 is 1.17 bits per heavy atom. The fraction of sp³-hybridized carbons (Fsp3) is 0.154. The molecule has 35 heavy (non-hydrogen) atoms. The van der Waals surface area contributed by atoms with E-state index in [0.717, 1.165) is 10.0 Å². The fourth-order valence-corrected chi connectivity index (χ4v) is 4.45. The number of benzene rings is 3. The van der Waals surface area contributed by atoms with Crippen molar-refractivity contribution in [1.82, 2.24) is 9.66 Å². The van der Waals surface area contributed by atoms with Crippen molar-refractivity contribution in [2.24, 2.45) is 5.10 Å². The molecule has 0 aliphatic rings. The first kappa shape index (κ1) is 24.9. The molecule has 0 aliphatic carbocycles. The minimum absolute atomic E-state index is 0.0351. The molecule has 0 spiro atoms. The quantitative estimate of drug-likeness (QED) is 0.236. The van der Waals surface area contributed by atoms with Crippen LogP contribution in [0.2, 0.25) is 10.0 Å². The van der Waals surface area contributed by atoms with E-state index in [1.54, 1.807) is 36.4 Å². The molecule has 1 heterocycles. The number of nitriles is 1. The number of hydrogen-bond acceptors (Lipinski definition) is 5. The highest BCUT2D eigenvalue weighted by atomic mass is 79.9. The van der Waals surface area contributed by atoms with E-state index in [1.165, 1.54) is 10.9 Å². The third-order valence-corrected chi connectivity index (χ3v) is 6.26. The number of ether oxygens (including phenoxy) is 1. The lowest BCUT2D eigenvalue weighted by atomic mass is 10.1. The van der Waals surface area contributed by atoms with Gasteiger partial charge in [0, 0.05) is 16.0 Å². The summed E-state index contributed by atoms with van der Waals surface area (Å²) in [6.07, 6.45) is 1.51. The van der Waals surface area contributed by atoms with Gasteiger partial charge in [-0.3, -0.25) is 4.79 Å². The van der Waals surface area contributed by atoms with Crippen molar-refractivity contribution in [3.8, 4) is 11.8 Å². The van der Waals surface area contributed by atoms with Crippen LogP contribution in [0.3, 0.4) is 0 Å². The minimum Gasteiger partial charge on any atom is -0.486 e. The molecule has 0 bridgehead atoms. The van der Waals surface area contributed by atoms with Crippen LogP contribution in [0.1, 0.15) is 42.3 Å². The summed E-state index contributed by atoms with van der Waals surface area (Å²) in [7, 11) is 0. The van der Waals surface area contributed by atoms with Crippen LogP contribution in [-0.4, -0.2) is 15.9 Å². The molecule has 0 radical (unpaired) electrons. The Balaban J connectivity index is 1.66. The van der Waals surface area contributed by atoms with E-state index in [0.29, 0.717) is 33.6 Å². The third kappa shape index (κ3) is 5.40. The van der Waals surface area contributed by atoms with Crippen LogP contribution in [0.5, 0.6) is 5.75 Å². The van der Waals surface area contributed by atoms with Gasteiger partial charge in [0.1, 0.15) is 12.4 Å². The Morgan fingerprint density at radius 3 is 2.57 bits per heavy atom. The van der Waals surface area contributed by atoms with Crippen molar-refractivity contribution in [2.75, 3.05) is 0 Å². The second-order valence-corrected chi connectivity index (χ2v) is 9.75. The van der Waals surface area contributed by atoms with Gasteiger partial charge in [0.2, 0.25) is 0 Å². The highest BCUT2D eigenvalue weighted by Gasteiger charge is 2.15. The van der Waals surface area contributed by atoms with Gasteiger partial charge in [-0.25, -0.2) is 4.98 Å². The van der Waals surface area contributed by atoms with Gasteiger partial charge >= 0.3 is 0 Å². The van der Waals surface area contributed by atoms with Gasteiger partial charge in [0.05, 0.1) is 38.8 Å². The van der Waals surface area contributed by atoms with Gasteiger partial charge < -0.3 is 4.74 Å². The molecule has 0 unspecified atom stereocenters. The van der Waals surface area contributed by atoms with Crippen molar-refractivity contribution >= 4 is 56.2 Å². The van der Waals surface area contributed by atoms with E-state index in [2.05, 4.69) is 32.1 Å². The van der Waals surface area contributed by atoms with Gasteiger partial charge in [-0.05, 0) is 42.0 Å². The maximum atomic E-state index is 13.2. The molecule has 0 atom stereocenters. The molecule has 0 N–H and O–H groups in total. The largest absolute Gasteiger partial charge is 0.486 e. The first-order chi connectivity index (χ1) is 16.8. The normalized spacial score (nSPS) is 11.3. The van der Waals surface area contributed by atoms with Crippen molar-refractivity contribution in [3.63, 3.8) is 0 Å². The third-order valence-electron chi connectivity index (χ3n) is 5.20. The number of hydrogen-bond donors (Lipinski definition) is 0. The lowest BCUT2D eigenvalue weighted by Gasteiger charge is -2.13. The minimum atomic E-state index is -0.274. The predicted octanol–water partition coefficient (Wildman–Crippen LogP) is 6.92. The molecule has 4 rings (SSSR count). The first-order valence-electron chi connectivity index (χ1n) is 10.6. The number of halogens is 3. The maximum Gasteiger partial charge on any atom is 0.282 e. The highest BCUT2D eigenvalue weighted by Crippen LogP contribution is 2.34. The summed E-state index contributed by atoms with van der Waals surface area (Å²) in [6.45, 7) is 4.04. The fourth-order valence-electron chi connectivity index (χ4n) is 3.47. The average molecular weight is 570 g/mol. The van der Waals surface area contributed by atoms with Gasteiger partial charge in [0.15, 0.2) is 5.75 Å². The summed E-state index contributed by atoms with van der Waals surface area (Å²) in [5, 5.41) is 14.7. The van der Waals surface area contributed by atoms with Crippen LogP contribution in [0.4, 0.5) is 0 Å². The van der Waals surface area contributed by atoms with Gasteiger partial charge in [-0.2, -0.15) is 15.0 Å². The molecule has 1 aromatic heterocycles. The van der Waals surface area contributed by atoms with Crippen LogP contribution in [0.25, 0.3) is 10.9 Å². The Morgan fingerprint density at radius 2 is 1.89 bits per heavy atom. The van der Waals surface area contributed by atoms with Crippen LogP contribution in [0, 0.1) is 11.3 Å². The van der Waals surface area contributed by atoms with E-state index in [-0.39, 0.29) is 28.1 Å². The molecule has 4 aromatic rings. The van der Waals surface area contributed by atoms with E-state index in [1.807, 2.05) is 32.0 Å². The summed E-state index contributed by atoms with van der Waals surface area (Å²) < 4.78 is 7.89. The molecule has 0 fully saturated rings. The number of aromatic nitrogens is 2. The van der Waals surface area contributed by atoms with Crippen LogP contribution in [-0.2, 0) is 6.61 Å². The molecule has 176 valence electrons. The smallest absolute Gasteiger partial charge is 0.282 e. The van der Waals surface area contributed by atoms with E-state index >= 15 is 0 Å². The second kappa shape index (κ2) is 10.6. The predicted molar refractivity (Wildman–Crippen MR) is 143 cm³/mol. The van der Waals surface area contributed by atoms with Gasteiger partial charge in [-0.15, -0.1) is 0 Å². The molecule has 3 aromatic carbocycles. The summed E-state index contributed by atoms with van der Waals surface area (Å²) in [5.41, 5.74) is 2.17. The Bertz CT molecular complexity index is 1530. The van der Waals surface area contributed by atoms with Crippen molar-refractivity contribution in [2.45, 2.75) is 26.4 Å². The molecule has 9 heteroatoms. The monoisotopic (exact) mass is 568 g/mol. The molecule has 6 nitrogen and oxygen atoms in total. The van der Waals surface area contributed by atoms with Crippen LogP contribution < -0.4 is 10.3 Å². The van der Waals surface area contributed by atoms with Crippen molar-refractivity contribution in [3.05, 3.63) is 102 Å². The second-order valence-electron chi connectivity index (χ2n) is 8.02. The molecule has 0 amide bonds. The summed E-state index contributed by atoms with van der Waals surface area (Å²) >= 11 is 16.3. The summed E-state index contributed by atoms with van der Waals surface area (Å²) in [4.78, 5) is 17.8.